The van der Waals surface area contributed by atoms with E-state index in [9.17, 15) is 29.2 Å². The van der Waals surface area contributed by atoms with Crippen molar-refractivity contribution >= 4 is 138 Å². The summed E-state index contributed by atoms with van der Waals surface area (Å²) in [6, 6.07) is 41.0. The number of ether oxygens (including phenoxy) is 8. The van der Waals surface area contributed by atoms with Crippen molar-refractivity contribution in [1.82, 2.24) is 54.2 Å². The smallest absolute Gasteiger partial charge is 0.488 e. The van der Waals surface area contributed by atoms with Crippen LogP contribution in [0.2, 0.25) is 0 Å². The largest absolute Gasteiger partial charge is 0.492 e. The third kappa shape index (κ3) is 25.4. The van der Waals surface area contributed by atoms with Crippen LogP contribution in [-0.2, 0) is 43.3 Å². The number of amides is 2. The molecule has 0 radical (unpaired) electrons. The number of benzene rings is 7. The highest BCUT2D eigenvalue weighted by molar-refractivity contribution is 9.10. The summed E-state index contributed by atoms with van der Waals surface area (Å²) >= 11 is 6.79. The summed E-state index contributed by atoms with van der Waals surface area (Å²) in [6.07, 6.45) is 0.921. The summed E-state index contributed by atoms with van der Waals surface area (Å²) in [4.78, 5) is 77.1. The molecule has 604 valence electrons. The Labute approximate surface area is 688 Å². The van der Waals surface area contributed by atoms with Crippen molar-refractivity contribution in [2.75, 3.05) is 52.7 Å². The van der Waals surface area contributed by atoms with E-state index in [1.807, 2.05) is 170 Å². The van der Waals surface area contributed by atoms with Gasteiger partial charge in [-0.3, -0.25) is 0 Å². The van der Waals surface area contributed by atoms with E-state index in [1.54, 1.807) is 41.8 Å². The topological polar surface area (TPSA) is 294 Å². The normalized spacial score (nSPS) is 13.8. The molecular formula is C83H102BBr2Cl2N11O14. The van der Waals surface area contributed by atoms with Crippen LogP contribution in [0.3, 0.4) is 0 Å². The minimum atomic E-state index is -1.55. The van der Waals surface area contributed by atoms with Crippen LogP contribution in [0.25, 0.3) is 66.4 Å². The van der Waals surface area contributed by atoms with Gasteiger partial charge in [0.15, 0.2) is 0 Å². The van der Waals surface area contributed by atoms with Crippen LogP contribution in [0.4, 0.5) is 19.2 Å². The van der Waals surface area contributed by atoms with E-state index in [2.05, 4.69) is 103 Å². The predicted molar refractivity (Wildman–Crippen MR) is 452 cm³/mol. The lowest BCUT2D eigenvalue weighted by Crippen LogP contribution is -2.37. The summed E-state index contributed by atoms with van der Waals surface area (Å²) in [5.41, 5.74) is 12.3. The Balaban J connectivity index is 0.000000180. The van der Waals surface area contributed by atoms with E-state index in [4.69, 9.17) is 37.9 Å². The lowest BCUT2D eigenvalue weighted by atomic mass is 9.79. The first-order chi connectivity index (χ1) is 52.4. The molecule has 0 unspecified atom stereocenters. The molecule has 25 nitrogen and oxygen atoms in total. The van der Waals surface area contributed by atoms with Gasteiger partial charge in [0.25, 0.3) is 0 Å². The molecule has 5 N–H and O–H groups in total. The molecule has 8 heterocycles. The number of aromatic amines is 2. The minimum Gasteiger partial charge on any atom is -0.492 e. The third-order valence-electron chi connectivity index (χ3n) is 17.0. The lowest BCUT2D eigenvalue weighted by Gasteiger charge is -2.26. The molecule has 1 fully saturated rings. The molecule has 4 aromatic heterocycles. The van der Waals surface area contributed by atoms with Crippen LogP contribution in [0.1, 0.15) is 136 Å². The van der Waals surface area contributed by atoms with Crippen LogP contribution < -0.4 is 25.0 Å². The number of carbonyl (C=O) groups is 4. The number of aromatic nitrogens is 8. The number of imidazole rings is 4. The molecule has 0 atom stereocenters. The van der Waals surface area contributed by atoms with Gasteiger partial charge in [0.05, 0.1) is 70.3 Å². The molecule has 0 bridgehead atoms. The van der Waals surface area contributed by atoms with Gasteiger partial charge in [0.2, 0.25) is 0 Å². The average Bonchev–Trinajstić information content (AvgIpc) is 1.65. The first-order valence-electron chi connectivity index (χ1n) is 37.0. The third-order valence-corrected chi connectivity index (χ3v) is 18.0. The predicted octanol–water partition coefficient (Wildman–Crippen LogP) is 17.6. The van der Waals surface area contributed by atoms with Gasteiger partial charge in [-0.1, -0.05) is 68.3 Å². The summed E-state index contributed by atoms with van der Waals surface area (Å²) < 4.78 is 49.0. The standard InChI is InChI=1S/C27H33N3O5.C17H17N3O.C14H20BNO5.C13H15BrN2O2.C8H7BrN2.C4H8O.2ClH/c1-17-28-21-10-8-19(15-22(21)30(17)25(32)35-27(5,6)7)18-9-11-23-20(14-18)16-29(12-13-33-23)24(31)34-26(2,3)4;1-11-19-15-4-2-13(9-16(15)20-11)12-3-5-17-14(8-12)10-18-6-7-21-17;1-14(2,3)21-13(17)16-6-7-20-12-5-4-11(15(18)19)8-10(12)9-16;1-8-15-10-6-5-9(14)7-11(10)16(8)12(17)18-13(2,3)4;1-5-10-7-3-2-6(9)4-8(7)11-5;1-2-4-5-3-1;;/h8-11,14-15H,12-13,16H2,1-7H3;2-5,8-9,18H,6-7,10H2,1H3,(H,19,20);4-5,8,18-19H,6-7,9H2,1-3H3;5-7H,1-4H3;2-4H,1H3,(H,10,11);1-4H2;2*1H. The molecule has 7 aromatic carbocycles. The second-order valence-electron chi connectivity index (χ2n) is 31.1. The van der Waals surface area contributed by atoms with Crippen LogP contribution in [-0.4, -0.2) is 165 Å². The Bertz CT molecular complexity index is 5130. The van der Waals surface area contributed by atoms with E-state index in [-0.39, 0.29) is 30.9 Å². The average molecular weight is 1720 g/mol. The number of H-pyrrole nitrogens is 2. The number of nitrogens with one attached hydrogen (secondary N) is 3. The van der Waals surface area contributed by atoms with E-state index in [0.29, 0.717) is 73.3 Å². The molecule has 2 amide bonds. The summed E-state index contributed by atoms with van der Waals surface area (Å²) in [5, 5.41) is 21.8. The van der Waals surface area contributed by atoms with Gasteiger partial charge in [0.1, 0.15) is 82.8 Å². The van der Waals surface area contributed by atoms with Gasteiger partial charge in [-0.05, 0) is 242 Å². The number of hydrogen-bond donors (Lipinski definition) is 5. The fourth-order valence-electron chi connectivity index (χ4n) is 12.2. The maximum atomic E-state index is 12.9. The van der Waals surface area contributed by atoms with Crippen LogP contribution >= 0.6 is 56.7 Å². The SMILES string of the molecule is C1CCOC1.CC(C)(C)OC(=O)N1CCOc2ccc(B(O)O)cc2C1.Cc1nc2ccc(-c3ccc4c(c3)CN(C(=O)OC(C)(C)C)CCO4)cc2n1C(=O)OC(C)(C)C.Cc1nc2ccc(-c3ccc4c(c3)CNCCO4)cc2[nH]1.Cc1nc2ccc(Br)cc2[nH]1.Cc1nc2ccc(Br)cc2n1C(=O)OC(C)(C)C.Cl.Cl. The quantitative estimate of drug-likeness (QED) is 0.0811. The van der Waals surface area contributed by atoms with Crippen molar-refractivity contribution in [1.29, 1.82) is 0 Å². The molecule has 1 saturated heterocycles. The molecule has 15 rings (SSSR count). The second kappa shape index (κ2) is 38.7. The Morgan fingerprint density at radius 1 is 0.442 bits per heavy atom. The Morgan fingerprint density at radius 2 is 0.832 bits per heavy atom. The summed E-state index contributed by atoms with van der Waals surface area (Å²) in [6.45, 7) is 36.3. The van der Waals surface area contributed by atoms with Crippen molar-refractivity contribution in [3.05, 3.63) is 176 Å². The number of hydrogen-bond acceptors (Lipinski definition) is 19. The van der Waals surface area contributed by atoms with Crippen molar-refractivity contribution in [2.45, 2.75) is 166 Å². The summed E-state index contributed by atoms with van der Waals surface area (Å²) in [5.74, 6) is 5.47. The Kier molecular flexibility index (Phi) is 30.6. The number of aryl methyl sites for hydroxylation is 4. The molecule has 4 aliphatic rings. The maximum absolute atomic E-state index is 12.9. The van der Waals surface area contributed by atoms with Gasteiger partial charge in [-0.25, -0.2) is 48.2 Å². The molecule has 4 aliphatic heterocycles. The highest BCUT2D eigenvalue weighted by atomic mass is 79.9. The Hall–Kier alpha value is -9.26. The fraction of sp³-hybridized carbons (Fsp3) is 0.398. The maximum Gasteiger partial charge on any atom is 0.488 e. The number of nitrogens with zero attached hydrogens (tertiary/aromatic N) is 8. The zero-order chi connectivity index (χ0) is 80.3. The first kappa shape index (κ1) is 89.3. The van der Waals surface area contributed by atoms with E-state index in [0.717, 1.165) is 120 Å². The minimum absolute atomic E-state index is 0. The van der Waals surface area contributed by atoms with Crippen molar-refractivity contribution in [3.63, 3.8) is 0 Å². The highest BCUT2D eigenvalue weighted by Gasteiger charge is 2.30. The zero-order valence-corrected chi connectivity index (χ0v) is 71.6. The molecular weight excluding hydrogens is 1620 g/mol. The van der Waals surface area contributed by atoms with Crippen LogP contribution in [0, 0.1) is 27.7 Å². The molecule has 0 saturated carbocycles. The summed E-state index contributed by atoms with van der Waals surface area (Å²) in [7, 11) is -1.55. The number of rotatable bonds is 3. The van der Waals surface area contributed by atoms with Crippen molar-refractivity contribution in [2.24, 2.45) is 0 Å². The van der Waals surface area contributed by atoms with Gasteiger partial charge in [0, 0.05) is 51.9 Å². The van der Waals surface area contributed by atoms with E-state index < -0.39 is 47.8 Å². The van der Waals surface area contributed by atoms with Crippen LogP contribution in [0.15, 0.2) is 136 Å². The van der Waals surface area contributed by atoms with Gasteiger partial charge in [-0.2, -0.15) is 0 Å². The lowest BCUT2D eigenvalue weighted by molar-refractivity contribution is 0.0216. The van der Waals surface area contributed by atoms with Crippen molar-refractivity contribution < 1.29 is 67.1 Å². The second-order valence-corrected chi connectivity index (χ2v) is 32.9. The molecule has 0 aliphatic carbocycles. The fourth-order valence-corrected chi connectivity index (χ4v) is 12.9. The molecule has 30 heteroatoms. The van der Waals surface area contributed by atoms with Gasteiger partial charge in [-0.15, -0.1) is 24.8 Å². The monoisotopic (exact) mass is 1720 g/mol. The molecule has 11 aromatic rings. The molecule has 113 heavy (non-hydrogen) atoms. The molecule has 0 spiro atoms. The first-order valence-corrected chi connectivity index (χ1v) is 38.6. The number of fused-ring (bicyclic) bond motifs is 7. The zero-order valence-electron chi connectivity index (χ0n) is 66.8. The van der Waals surface area contributed by atoms with E-state index >= 15 is 0 Å². The highest BCUT2D eigenvalue weighted by Crippen LogP contribution is 2.34. The number of halogens is 4. The number of carbonyl (C=O) groups excluding carboxylic acids is 4. The van der Waals surface area contributed by atoms with Gasteiger partial charge >= 0.3 is 31.5 Å². The van der Waals surface area contributed by atoms with Gasteiger partial charge < -0.3 is 73.0 Å². The van der Waals surface area contributed by atoms with E-state index in [1.165, 1.54) is 38.7 Å². The van der Waals surface area contributed by atoms with Crippen molar-refractivity contribution in [3.8, 4) is 39.5 Å². The van der Waals surface area contributed by atoms with Crippen LogP contribution in [0.5, 0.6) is 17.2 Å². The Morgan fingerprint density at radius 3 is 1.32 bits per heavy atom.